The zero-order valence-electron chi connectivity index (χ0n) is 18.6. The van der Waals surface area contributed by atoms with Crippen molar-refractivity contribution in [3.63, 3.8) is 0 Å². The van der Waals surface area contributed by atoms with Gasteiger partial charge in [-0.15, -0.1) is 0 Å². The van der Waals surface area contributed by atoms with Crippen LogP contribution < -0.4 is 0 Å². The lowest BCUT2D eigenvalue weighted by molar-refractivity contribution is 0.0227. The Morgan fingerprint density at radius 1 is 0.828 bits per heavy atom. The highest BCUT2D eigenvalue weighted by Gasteiger charge is 2.28. The Kier molecular flexibility index (Phi) is 11.9. The summed E-state index contributed by atoms with van der Waals surface area (Å²) in [6, 6.07) is 5.28. The summed E-state index contributed by atoms with van der Waals surface area (Å²) in [6.07, 6.45) is 22.0. The Balaban J connectivity index is 1.40. The van der Waals surface area contributed by atoms with Crippen LogP contribution in [0.15, 0.2) is 18.2 Å². The summed E-state index contributed by atoms with van der Waals surface area (Å²) in [6.45, 7) is 2.28. The molecule has 1 aliphatic rings. The second-order valence-electron chi connectivity index (χ2n) is 8.78. The van der Waals surface area contributed by atoms with Crippen molar-refractivity contribution in [3.8, 4) is 5.75 Å². The van der Waals surface area contributed by atoms with Gasteiger partial charge in [-0.2, -0.15) is 0 Å². The molecule has 0 radical (unpaired) electrons. The number of aromatic hydroxyl groups is 1. The molecule has 1 atom stereocenters. The van der Waals surface area contributed by atoms with Crippen molar-refractivity contribution in [1.29, 1.82) is 0 Å². The van der Waals surface area contributed by atoms with Crippen LogP contribution in [0, 0.1) is 0 Å². The molecule has 0 aromatic heterocycles. The smallest absolute Gasteiger partial charge is 0.342 e. The van der Waals surface area contributed by atoms with E-state index >= 15 is 0 Å². The topological polar surface area (TPSA) is 46.5 Å². The van der Waals surface area contributed by atoms with Crippen LogP contribution in [0.25, 0.3) is 0 Å². The van der Waals surface area contributed by atoms with Crippen LogP contribution in [-0.2, 0) is 11.2 Å². The van der Waals surface area contributed by atoms with Crippen molar-refractivity contribution in [2.24, 2.45) is 0 Å². The van der Waals surface area contributed by atoms with E-state index in [0.29, 0.717) is 5.56 Å². The van der Waals surface area contributed by atoms with Crippen LogP contribution in [0.3, 0.4) is 0 Å². The first-order valence-corrected chi connectivity index (χ1v) is 12.2. The number of unbranched alkanes of at least 4 members (excludes halogenated alkanes) is 14. The number of phenolic OH excluding ortho intramolecular Hbond substituents is 1. The maximum atomic E-state index is 12.1. The minimum atomic E-state index is -0.365. The van der Waals surface area contributed by atoms with Gasteiger partial charge in [0.25, 0.3) is 0 Å². The normalized spacial score (nSPS) is 15.9. The van der Waals surface area contributed by atoms with Crippen LogP contribution in [0.4, 0.5) is 0 Å². The number of hydrogen-bond acceptors (Lipinski definition) is 3. The summed E-state index contributed by atoms with van der Waals surface area (Å²) in [5, 5.41) is 9.83. The standard InChI is InChI=1S/C26H42O3/c1-2-3-4-5-6-7-8-9-10-11-12-13-14-15-16-19-23-21-22-18-17-20-24(27)25(22)26(28)29-23/h17-18,20,23,27H,2-16,19,21H2,1H3/t23-/m1/s1. The molecule has 0 fully saturated rings. The van der Waals surface area contributed by atoms with Gasteiger partial charge in [0.2, 0.25) is 0 Å². The molecule has 164 valence electrons. The highest BCUT2D eigenvalue weighted by molar-refractivity contribution is 5.95. The highest BCUT2D eigenvalue weighted by atomic mass is 16.5. The van der Waals surface area contributed by atoms with Gasteiger partial charge in [-0.3, -0.25) is 0 Å². The Morgan fingerprint density at radius 2 is 1.34 bits per heavy atom. The van der Waals surface area contributed by atoms with E-state index in [-0.39, 0.29) is 17.8 Å². The van der Waals surface area contributed by atoms with Gasteiger partial charge in [0.15, 0.2) is 0 Å². The molecule has 1 aromatic carbocycles. The number of esters is 1. The van der Waals surface area contributed by atoms with Crippen molar-refractivity contribution < 1.29 is 14.6 Å². The van der Waals surface area contributed by atoms with Gasteiger partial charge < -0.3 is 9.84 Å². The number of carbonyl (C=O) groups excluding carboxylic acids is 1. The lowest BCUT2D eigenvalue weighted by Gasteiger charge is -2.25. The number of ether oxygens (including phenoxy) is 1. The van der Waals surface area contributed by atoms with E-state index in [1.807, 2.05) is 6.07 Å². The fourth-order valence-electron chi connectivity index (χ4n) is 4.39. The maximum absolute atomic E-state index is 12.1. The number of fused-ring (bicyclic) bond motifs is 1. The zero-order valence-corrected chi connectivity index (χ0v) is 18.6. The van der Waals surface area contributed by atoms with Gasteiger partial charge >= 0.3 is 5.97 Å². The predicted molar refractivity (Wildman–Crippen MR) is 121 cm³/mol. The minimum Gasteiger partial charge on any atom is -0.507 e. The summed E-state index contributed by atoms with van der Waals surface area (Å²) >= 11 is 0. The van der Waals surface area contributed by atoms with Crippen molar-refractivity contribution in [1.82, 2.24) is 0 Å². The van der Waals surface area contributed by atoms with E-state index < -0.39 is 0 Å². The van der Waals surface area contributed by atoms with Gasteiger partial charge in [-0.05, 0) is 24.5 Å². The van der Waals surface area contributed by atoms with Crippen LogP contribution in [0.2, 0.25) is 0 Å². The molecule has 1 aromatic rings. The van der Waals surface area contributed by atoms with Crippen LogP contribution >= 0.6 is 0 Å². The molecular formula is C26H42O3. The first kappa shape index (κ1) is 23.8. The third kappa shape index (κ3) is 9.23. The summed E-state index contributed by atoms with van der Waals surface area (Å²) in [5.74, 6) is -0.326. The van der Waals surface area contributed by atoms with Gasteiger partial charge in [-0.25, -0.2) is 4.79 Å². The van der Waals surface area contributed by atoms with E-state index in [0.717, 1.165) is 24.8 Å². The molecule has 0 bridgehead atoms. The van der Waals surface area contributed by atoms with E-state index in [9.17, 15) is 9.90 Å². The molecule has 0 amide bonds. The second kappa shape index (κ2) is 14.5. The zero-order chi connectivity index (χ0) is 20.7. The molecule has 2 rings (SSSR count). The largest absolute Gasteiger partial charge is 0.507 e. The number of phenols is 1. The molecule has 3 heteroatoms. The Labute approximate surface area is 178 Å². The third-order valence-corrected chi connectivity index (χ3v) is 6.18. The lowest BCUT2D eigenvalue weighted by atomic mass is 9.95. The number of benzene rings is 1. The van der Waals surface area contributed by atoms with Crippen LogP contribution in [-0.4, -0.2) is 17.2 Å². The fourth-order valence-corrected chi connectivity index (χ4v) is 4.39. The van der Waals surface area contributed by atoms with Crippen molar-refractivity contribution >= 4 is 5.97 Å². The highest BCUT2D eigenvalue weighted by Crippen LogP contribution is 2.29. The van der Waals surface area contributed by atoms with E-state index in [2.05, 4.69) is 6.92 Å². The molecule has 0 spiro atoms. The molecule has 3 nitrogen and oxygen atoms in total. The average molecular weight is 403 g/mol. The molecule has 1 aliphatic heterocycles. The van der Waals surface area contributed by atoms with Gasteiger partial charge in [-0.1, -0.05) is 109 Å². The molecule has 0 aliphatic carbocycles. The van der Waals surface area contributed by atoms with Crippen molar-refractivity contribution in [2.45, 2.75) is 122 Å². The molecule has 0 saturated carbocycles. The first-order valence-electron chi connectivity index (χ1n) is 12.2. The first-order chi connectivity index (χ1) is 14.2. The molecular weight excluding hydrogens is 360 g/mol. The monoisotopic (exact) mass is 402 g/mol. The SMILES string of the molecule is CCCCCCCCCCCCCCCCC[C@@H]1Cc2cccc(O)c2C(=O)O1. The summed E-state index contributed by atoms with van der Waals surface area (Å²) in [5.41, 5.74) is 1.28. The molecule has 1 heterocycles. The Hall–Kier alpha value is -1.51. The van der Waals surface area contributed by atoms with E-state index in [4.69, 9.17) is 4.74 Å². The van der Waals surface area contributed by atoms with Gasteiger partial charge in [0, 0.05) is 6.42 Å². The van der Waals surface area contributed by atoms with E-state index in [1.165, 1.54) is 89.9 Å². The molecule has 29 heavy (non-hydrogen) atoms. The Bertz CT molecular complexity index is 581. The van der Waals surface area contributed by atoms with E-state index in [1.54, 1.807) is 12.1 Å². The van der Waals surface area contributed by atoms with Gasteiger partial charge in [0.05, 0.1) is 0 Å². The molecule has 0 unspecified atom stereocenters. The van der Waals surface area contributed by atoms with Crippen LogP contribution in [0.5, 0.6) is 5.75 Å². The van der Waals surface area contributed by atoms with Crippen LogP contribution in [0.1, 0.15) is 126 Å². The Morgan fingerprint density at radius 3 is 1.90 bits per heavy atom. The fraction of sp³-hybridized carbons (Fsp3) is 0.731. The summed E-state index contributed by atoms with van der Waals surface area (Å²) in [7, 11) is 0. The quantitative estimate of drug-likeness (QED) is 0.227. The third-order valence-electron chi connectivity index (χ3n) is 6.18. The summed E-state index contributed by atoms with van der Waals surface area (Å²) in [4.78, 5) is 12.1. The van der Waals surface area contributed by atoms with Gasteiger partial charge in [0.1, 0.15) is 17.4 Å². The number of carbonyl (C=O) groups is 1. The maximum Gasteiger partial charge on any atom is 0.342 e. The summed E-state index contributed by atoms with van der Waals surface area (Å²) < 4.78 is 5.51. The molecule has 0 saturated heterocycles. The van der Waals surface area contributed by atoms with Crippen molar-refractivity contribution in [2.75, 3.05) is 0 Å². The second-order valence-corrected chi connectivity index (χ2v) is 8.78. The minimum absolute atomic E-state index is 0.0289. The number of hydrogen-bond donors (Lipinski definition) is 1. The molecule has 1 N–H and O–H groups in total. The number of cyclic esters (lactones) is 1. The number of rotatable bonds is 16. The lowest BCUT2D eigenvalue weighted by Crippen LogP contribution is -2.27. The average Bonchev–Trinajstić information content (AvgIpc) is 2.70. The van der Waals surface area contributed by atoms with Crippen molar-refractivity contribution in [3.05, 3.63) is 29.3 Å². The predicted octanol–water partition coefficient (Wildman–Crippen LogP) is 7.74.